The van der Waals surface area contributed by atoms with Gasteiger partial charge in [0.05, 0.1) is 73.4 Å². The van der Waals surface area contributed by atoms with Gasteiger partial charge in [-0.15, -0.1) is 0 Å². The Morgan fingerprint density at radius 1 is 0.386 bits per heavy atom. The fourth-order valence-electron chi connectivity index (χ4n) is 9.84. The van der Waals surface area contributed by atoms with Crippen LogP contribution in [0.3, 0.4) is 0 Å². The molecule has 0 atom stereocenters. The first-order valence-corrected chi connectivity index (χ1v) is 22.6. The summed E-state index contributed by atoms with van der Waals surface area (Å²) in [7, 11) is 0. The van der Waals surface area contributed by atoms with Gasteiger partial charge in [0.15, 0.2) is 0 Å². The van der Waals surface area contributed by atoms with Gasteiger partial charge in [0, 0.05) is 49.4 Å². The van der Waals surface area contributed by atoms with Gasteiger partial charge in [0.25, 0.3) is 0 Å². The first kappa shape index (κ1) is 41.8. The minimum atomic E-state index is -4.75. The maximum atomic E-state index is 14.7. The predicted molar refractivity (Wildman–Crippen MR) is 272 cm³/mol. The molecule has 0 amide bonds. The van der Waals surface area contributed by atoms with Crippen molar-refractivity contribution in [3.05, 3.63) is 229 Å². The van der Waals surface area contributed by atoms with Crippen molar-refractivity contribution >= 4 is 43.6 Å². The van der Waals surface area contributed by atoms with Crippen molar-refractivity contribution in [3.63, 3.8) is 0 Å². The Kier molecular flexibility index (Phi) is 9.94. The Morgan fingerprint density at radius 2 is 0.871 bits per heavy atom. The summed E-state index contributed by atoms with van der Waals surface area (Å²) in [6.07, 6.45) is -4.75. The molecule has 0 aliphatic carbocycles. The second kappa shape index (κ2) is 16.6. The normalized spacial score (nSPS) is 11.6. The van der Waals surface area contributed by atoms with Gasteiger partial charge in [-0.2, -0.15) is 23.7 Å². The van der Waals surface area contributed by atoms with E-state index >= 15 is 0 Å². The lowest BCUT2D eigenvalue weighted by atomic mass is 9.95. The van der Waals surface area contributed by atoms with Crippen LogP contribution in [-0.4, -0.2) is 19.1 Å². The van der Waals surface area contributed by atoms with E-state index in [9.17, 15) is 23.7 Å². The number of alkyl halides is 3. The van der Waals surface area contributed by atoms with E-state index in [1.165, 1.54) is 6.07 Å². The van der Waals surface area contributed by atoms with Crippen molar-refractivity contribution in [2.24, 2.45) is 0 Å². The summed E-state index contributed by atoms with van der Waals surface area (Å²) in [6.45, 7) is 0. The third kappa shape index (κ3) is 7.04. The van der Waals surface area contributed by atoms with E-state index in [1.807, 2.05) is 174 Å². The monoisotopic (exact) mass is 908 g/mol. The zero-order valence-electron chi connectivity index (χ0n) is 37.0. The van der Waals surface area contributed by atoms with Gasteiger partial charge in [0.1, 0.15) is 11.6 Å². The van der Waals surface area contributed by atoms with Gasteiger partial charge in [-0.3, -0.25) is 0 Å². The molecule has 70 heavy (non-hydrogen) atoms. The van der Waals surface area contributed by atoms with Crippen LogP contribution in [0.25, 0.3) is 111 Å². The van der Waals surface area contributed by atoms with Gasteiger partial charge in [-0.05, 0) is 78.4 Å². The van der Waals surface area contributed by atoms with Gasteiger partial charge >= 0.3 is 6.18 Å². The highest BCUT2D eigenvalue weighted by Gasteiger charge is 2.32. The lowest BCUT2D eigenvalue weighted by molar-refractivity contribution is -0.137. The third-order valence-electron chi connectivity index (χ3n) is 13.0. The minimum absolute atomic E-state index is 0.137. The number of nitrogens with zero attached hydrogens (tertiary/aromatic N) is 6. The number of hydrogen-bond acceptors (Lipinski definition) is 4. The summed E-state index contributed by atoms with van der Waals surface area (Å²) in [5.41, 5.74) is 10.2. The summed E-state index contributed by atoms with van der Waals surface area (Å²) < 4.78 is 48.2. The number of halogens is 3. The first-order valence-electron chi connectivity index (χ1n) is 22.6. The van der Waals surface area contributed by atoms with Crippen LogP contribution < -0.4 is 0 Å². The highest BCUT2D eigenvalue weighted by atomic mass is 19.4. The van der Waals surface area contributed by atoms with Crippen molar-refractivity contribution in [3.8, 4) is 79.7 Å². The summed E-state index contributed by atoms with van der Waals surface area (Å²) >= 11 is 0. The average Bonchev–Trinajstić information content (AvgIpc) is 3.92. The number of benzene rings is 8. The standard InChI is InChI=1S/C61H35F3N6/c62-61(63,64)44-32-38(36-65)31-43(33-44)45-29-30-57(69-55-23-9-7-17-46(55)48-27-25-41(34-58(48)69)53-21-11-19-51(67-53)39-13-3-1-4-14-39)50(37-66)60(45)70-56-24-10-8-18-47(56)49-28-26-42(35-59(49)70)54-22-12-20-52(68-54)40-15-5-2-6-16-40/h1-35H. The molecule has 0 saturated carbocycles. The van der Waals surface area contributed by atoms with Crippen LogP contribution in [0.2, 0.25) is 0 Å². The fraction of sp³-hybridized carbons (Fsp3) is 0.0164. The van der Waals surface area contributed by atoms with Gasteiger partial charge < -0.3 is 9.13 Å². The van der Waals surface area contributed by atoms with Gasteiger partial charge in [0.2, 0.25) is 0 Å². The fourth-order valence-corrected chi connectivity index (χ4v) is 9.84. The molecule has 9 heteroatoms. The summed E-state index contributed by atoms with van der Waals surface area (Å²) in [4.78, 5) is 10.2. The number of fused-ring (bicyclic) bond motifs is 6. The molecule has 6 nitrogen and oxygen atoms in total. The zero-order chi connectivity index (χ0) is 47.5. The van der Waals surface area contributed by atoms with Crippen LogP contribution >= 0.6 is 0 Å². The molecule has 0 radical (unpaired) electrons. The lowest BCUT2D eigenvalue weighted by Crippen LogP contribution is -2.08. The van der Waals surface area contributed by atoms with Crippen LogP contribution in [0.1, 0.15) is 16.7 Å². The second-order valence-corrected chi connectivity index (χ2v) is 17.1. The quantitative estimate of drug-likeness (QED) is 0.159. The van der Waals surface area contributed by atoms with E-state index in [0.29, 0.717) is 22.5 Å². The maximum absolute atomic E-state index is 14.7. The molecule has 8 aromatic carbocycles. The van der Waals surface area contributed by atoms with Gasteiger partial charge in [-0.25, -0.2) is 9.97 Å². The van der Waals surface area contributed by atoms with E-state index in [2.05, 4.69) is 28.8 Å². The largest absolute Gasteiger partial charge is 0.416 e. The highest BCUT2D eigenvalue weighted by molar-refractivity contribution is 6.12. The van der Waals surface area contributed by atoms with Crippen molar-refractivity contribution in [2.45, 2.75) is 6.18 Å². The van der Waals surface area contributed by atoms with Crippen LogP contribution in [-0.2, 0) is 6.18 Å². The maximum Gasteiger partial charge on any atom is 0.416 e. The van der Waals surface area contributed by atoms with Crippen LogP contribution in [0.4, 0.5) is 13.2 Å². The zero-order valence-corrected chi connectivity index (χ0v) is 37.0. The Bertz CT molecular complexity index is 4140. The molecule has 12 rings (SSSR count). The molecule has 0 bridgehead atoms. The number of rotatable bonds is 7. The van der Waals surface area contributed by atoms with Crippen molar-refractivity contribution in [1.82, 2.24) is 19.1 Å². The van der Waals surface area contributed by atoms with Crippen molar-refractivity contribution in [2.75, 3.05) is 0 Å². The number of hydrogen-bond donors (Lipinski definition) is 0. The van der Waals surface area contributed by atoms with Gasteiger partial charge in [-0.1, -0.05) is 140 Å². The van der Waals surface area contributed by atoms with E-state index in [1.54, 1.807) is 12.1 Å². The molecule has 0 N–H and O–H groups in total. The molecular weight excluding hydrogens is 874 g/mol. The third-order valence-corrected chi connectivity index (χ3v) is 13.0. The lowest BCUT2D eigenvalue weighted by Gasteiger charge is -2.21. The minimum Gasteiger partial charge on any atom is -0.308 e. The number of aromatic nitrogens is 4. The van der Waals surface area contributed by atoms with Crippen LogP contribution in [0.5, 0.6) is 0 Å². The average molecular weight is 909 g/mol. The van der Waals surface area contributed by atoms with E-state index < -0.39 is 11.7 Å². The molecular formula is C61H35F3N6. The molecule has 0 unspecified atom stereocenters. The molecule has 4 heterocycles. The van der Waals surface area contributed by atoms with Crippen molar-refractivity contribution < 1.29 is 13.2 Å². The molecule has 0 saturated heterocycles. The smallest absolute Gasteiger partial charge is 0.308 e. The molecule has 330 valence electrons. The second-order valence-electron chi connectivity index (χ2n) is 17.1. The van der Waals surface area contributed by atoms with E-state index in [-0.39, 0.29) is 16.7 Å². The Morgan fingerprint density at radius 3 is 1.40 bits per heavy atom. The molecule has 0 aliphatic rings. The molecule has 0 spiro atoms. The Hall–Kier alpha value is -9.57. The van der Waals surface area contributed by atoms with E-state index in [4.69, 9.17) is 9.97 Å². The number of nitriles is 2. The Labute approximate surface area is 399 Å². The van der Waals surface area contributed by atoms with E-state index in [0.717, 1.165) is 95.3 Å². The summed E-state index contributed by atoms with van der Waals surface area (Å²) in [5, 5.41) is 25.5. The summed E-state index contributed by atoms with van der Waals surface area (Å²) in [5.74, 6) is 0. The first-order chi connectivity index (χ1) is 34.2. The van der Waals surface area contributed by atoms with Crippen molar-refractivity contribution in [1.29, 1.82) is 10.5 Å². The predicted octanol–water partition coefficient (Wildman–Crippen LogP) is 15.8. The molecule has 12 aromatic rings. The topological polar surface area (TPSA) is 83.2 Å². The highest BCUT2D eigenvalue weighted by Crippen LogP contribution is 2.44. The van der Waals surface area contributed by atoms with Crippen LogP contribution in [0.15, 0.2) is 212 Å². The Balaban J connectivity index is 1.16. The summed E-state index contributed by atoms with van der Waals surface area (Å²) in [6, 6.07) is 71.3. The molecule has 4 aromatic heterocycles. The number of para-hydroxylation sites is 2. The number of pyridine rings is 2. The molecule has 0 aliphatic heterocycles. The van der Waals surface area contributed by atoms with Crippen LogP contribution in [0, 0.1) is 22.7 Å². The molecule has 0 fully saturated rings. The SMILES string of the molecule is N#Cc1cc(-c2ccc(-n3c4ccccc4c4ccc(-c5cccc(-c6ccccc6)n5)cc43)c(C#N)c2-n2c3ccccc3c3ccc(-c4cccc(-c5ccccc5)n4)cc32)cc(C(F)(F)F)c1.